The van der Waals surface area contributed by atoms with Gasteiger partial charge >= 0.3 is 11.9 Å². The highest BCUT2D eigenvalue weighted by Crippen LogP contribution is 2.45. The molecule has 8 heteroatoms. The minimum atomic E-state index is -1.11. The van der Waals surface area contributed by atoms with Crippen LogP contribution >= 0.6 is 0 Å². The number of hydrogen-bond acceptors (Lipinski definition) is 8. The van der Waals surface area contributed by atoms with Crippen molar-refractivity contribution < 1.29 is 38.1 Å². The SMILES string of the molecule is COc1cc(C(=O)O[C@@H]2C=CC(=O)[C@@]3(CC(=O)O[C@@H]3/C=C(\C)CCC=C(C)C)C2)cc(OC)c1OC. The number of carbonyl (C=O) groups excluding carboxylic acids is 3. The van der Waals surface area contributed by atoms with Crippen molar-refractivity contribution in [1.82, 2.24) is 0 Å². The third-order valence-electron chi connectivity index (χ3n) is 6.47. The topological polar surface area (TPSA) is 97.4 Å². The molecule has 1 aliphatic heterocycles. The van der Waals surface area contributed by atoms with Crippen molar-refractivity contribution in [3.63, 3.8) is 0 Å². The first-order valence-electron chi connectivity index (χ1n) is 11.9. The summed E-state index contributed by atoms with van der Waals surface area (Å²) in [5, 5.41) is 0. The van der Waals surface area contributed by atoms with Crippen molar-refractivity contribution in [2.24, 2.45) is 5.41 Å². The Morgan fingerprint density at radius 1 is 1.08 bits per heavy atom. The molecule has 0 amide bonds. The molecule has 3 atom stereocenters. The highest BCUT2D eigenvalue weighted by Gasteiger charge is 2.55. The van der Waals surface area contributed by atoms with E-state index in [0.29, 0.717) is 17.2 Å². The van der Waals surface area contributed by atoms with E-state index in [1.807, 2.05) is 26.8 Å². The van der Waals surface area contributed by atoms with Gasteiger partial charge in [-0.3, -0.25) is 9.59 Å². The lowest BCUT2D eigenvalue weighted by molar-refractivity contribution is -0.140. The zero-order chi connectivity index (χ0) is 26.5. The second-order valence-corrected chi connectivity index (χ2v) is 9.36. The lowest BCUT2D eigenvalue weighted by atomic mass is 9.69. The molecule has 8 nitrogen and oxygen atoms in total. The molecule has 36 heavy (non-hydrogen) atoms. The maximum Gasteiger partial charge on any atom is 0.338 e. The van der Waals surface area contributed by atoms with Gasteiger partial charge in [0.15, 0.2) is 17.3 Å². The summed E-state index contributed by atoms with van der Waals surface area (Å²) in [4.78, 5) is 38.4. The summed E-state index contributed by atoms with van der Waals surface area (Å²) in [7, 11) is 4.39. The van der Waals surface area contributed by atoms with Crippen LogP contribution in [-0.4, -0.2) is 51.3 Å². The summed E-state index contributed by atoms with van der Waals surface area (Å²) in [5.41, 5.74) is 1.36. The van der Waals surface area contributed by atoms with Gasteiger partial charge in [0, 0.05) is 6.42 Å². The standard InChI is InChI=1S/C28H34O8/c1-17(2)8-7-9-18(3)12-24-28(16-25(30)36-24)15-20(10-11-23(28)29)35-27(31)19-13-21(32-4)26(34-6)22(14-19)33-5/h8,10-14,20,24H,7,9,15-16H2,1-6H3/b18-12+/t20-,24-,28+/m1/s1. The number of methoxy groups -OCH3 is 3. The van der Waals surface area contributed by atoms with Gasteiger partial charge in [0.1, 0.15) is 12.2 Å². The van der Waals surface area contributed by atoms with E-state index in [1.54, 1.807) is 6.08 Å². The summed E-state index contributed by atoms with van der Waals surface area (Å²) in [6, 6.07) is 3.00. The molecule has 1 heterocycles. The molecule has 1 aliphatic carbocycles. The monoisotopic (exact) mass is 498 g/mol. The number of hydrogen-bond donors (Lipinski definition) is 0. The Morgan fingerprint density at radius 2 is 1.75 bits per heavy atom. The lowest BCUT2D eigenvalue weighted by Gasteiger charge is -2.34. The second kappa shape index (κ2) is 11.5. The molecule has 1 fully saturated rings. The van der Waals surface area contributed by atoms with Crippen LogP contribution in [-0.2, 0) is 19.1 Å². The van der Waals surface area contributed by atoms with Crippen LogP contribution in [0.2, 0.25) is 0 Å². The van der Waals surface area contributed by atoms with E-state index in [0.717, 1.165) is 18.4 Å². The van der Waals surface area contributed by atoms with Crippen LogP contribution in [0.1, 0.15) is 56.8 Å². The fourth-order valence-electron chi connectivity index (χ4n) is 4.57. The van der Waals surface area contributed by atoms with Gasteiger partial charge in [-0.1, -0.05) is 17.2 Å². The summed E-state index contributed by atoms with van der Waals surface area (Å²) >= 11 is 0. The first kappa shape index (κ1) is 27.0. The molecule has 0 radical (unpaired) electrons. The van der Waals surface area contributed by atoms with Crippen LogP contribution in [0, 0.1) is 5.41 Å². The van der Waals surface area contributed by atoms with Gasteiger partial charge in [0.05, 0.1) is 38.7 Å². The fraction of sp³-hybridized carbons (Fsp3) is 0.464. The van der Waals surface area contributed by atoms with E-state index >= 15 is 0 Å². The maximum atomic E-state index is 13.1. The number of cyclic esters (lactones) is 1. The van der Waals surface area contributed by atoms with Gasteiger partial charge < -0.3 is 23.7 Å². The molecule has 0 saturated carbocycles. The Hall–Kier alpha value is -3.55. The Labute approximate surface area is 211 Å². The molecule has 0 N–H and O–H groups in total. The molecule has 194 valence electrons. The van der Waals surface area contributed by atoms with Gasteiger partial charge in [-0.15, -0.1) is 0 Å². The summed E-state index contributed by atoms with van der Waals surface area (Å²) in [6.07, 6.45) is 7.25. The average molecular weight is 499 g/mol. The fourth-order valence-corrected chi connectivity index (χ4v) is 4.57. The Bertz CT molecular complexity index is 1080. The van der Waals surface area contributed by atoms with E-state index in [4.69, 9.17) is 23.7 Å². The Kier molecular flexibility index (Phi) is 8.61. The number of ketones is 1. The zero-order valence-corrected chi connectivity index (χ0v) is 21.7. The number of carbonyl (C=O) groups is 3. The van der Waals surface area contributed by atoms with E-state index < -0.39 is 29.6 Å². The lowest BCUT2D eigenvalue weighted by Crippen LogP contribution is -2.43. The number of esters is 2. The first-order valence-corrected chi connectivity index (χ1v) is 11.9. The summed E-state index contributed by atoms with van der Waals surface area (Å²) < 4.78 is 27.3. The second-order valence-electron chi connectivity index (χ2n) is 9.36. The highest BCUT2D eigenvalue weighted by atomic mass is 16.6. The molecule has 0 unspecified atom stereocenters. The molecule has 1 aromatic carbocycles. The van der Waals surface area contributed by atoms with E-state index in [1.165, 1.54) is 45.1 Å². The third-order valence-corrected chi connectivity index (χ3v) is 6.47. The summed E-state index contributed by atoms with van der Waals surface area (Å²) in [5.74, 6) is -0.270. The minimum absolute atomic E-state index is 0.0587. The molecule has 0 bridgehead atoms. The van der Waals surface area contributed by atoms with Crippen molar-refractivity contribution >= 4 is 17.7 Å². The average Bonchev–Trinajstić information content (AvgIpc) is 3.14. The molecular formula is C28H34O8. The van der Waals surface area contributed by atoms with Gasteiger partial charge in [-0.2, -0.15) is 0 Å². The van der Waals surface area contributed by atoms with Crippen molar-refractivity contribution in [3.8, 4) is 17.2 Å². The summed E-state index contributed by atoms with van der Waals surface area (Å²) in [6.45, 7) is 6.04. The minimum Gasteiger partial charge on any atom is -0.493 e. The van der Waals surface area contributed by atoms with Crippen LogP contribution < -0.4 is 14.2 Å². The molecule has 3 rings (SSSR count). The van der Waals surface area contributed by atoms with Crippen LogP contribution in [0.3, 0.4) is 0 Å². The van der Waals surface area contributed by atoms with E-state index in [2.05, 4.69) is 6.08 Å². The molecule has 1 spiro atoms. The van der Waals surface area contributed by atoms with E-state index in [-0.39, 0.29) is 24.2 Å². The van der Waals surface area contributed by atoms with Crippen LogP contribution in [0.5, 0.6) is 17.2 Å². The molecule has 1 aromatic rings. The van der Waals surface area contributed by atoms with Gasteiger partial charge in [-0.25, -0.2) is 4.79 Å². The molecular weight excluding hydrogens is 464 g/mol. The van der Waals surface area contributed by atoms with Crippen LogP contribution in [0.4, 0.5) is 0 Å². The Morgan fingerprint density at radius 3 is 2.33 bits per heavy atom. The smallest absolute Gasteiger partial charge is 0.338 e. The third kappa shape index (κ3) is 5.80. The molecule has 2 aliphatic rings. The van der Waals surface area contributed by atoms with Crippen molar-refractivity contribution in [2.75, 3.05) is 21.3 Å². The Balaban J connectivity index is 1.82. The predicted molar refractivity (Wildman–Crippen MR) is 133 cm³/mol. The predicted octanol–water partition coefficient (Wildman–Crippen LogP) is 4.76. The van der Waals surface area contributed by atoms with Crippen molar-refractivity contribution in [1.29, 1.82) is 0 Å². The highest BCUT2D eigenvalue weighted by molar-refractivity contribution is 6.00. The van der Waals surface area contributed by atoms with E-state index in [9.17, 15) is 14.4 Å². The van der Waals surface area contributed by atoms with Gasteiger partial charge in [-0.05, 0) is 64.0 Å². The van der Waals surface area contributed by atoms with Gasteiger partial charge in [0.25, 0.3) is 0 Å². The largest absolute Gasteiger partial charge is 0.493 e. The van der Waals surface area contributed by atoms with Crippen molar-refractivity contribution in [2.45, 2.75) is 58.7 Å². The number of rotatable bonds is 9. The number of ether oxygens (including phenoxy) is 5. The normalized spacial score (nSPS) is 23.3. The van der Waals surface area contributed by atoms with Crippen LogP contribution in [0.25, 0.3) is 0 Å². The molecule has 0 aromatic heterocycles. The number of benzene rings is 1. The van der Waals surface area contributed by atoms with Gasteiger partial charge in [0.2, 0.25) is 5.75 Å². The quantitative estimate of drug-likeness (QED) is 0.355. The van der Waals surface area contributed by atoms with Crippen LogP contribution in [0.15, 0.2) is 47.6 Å². The first-order chi connectivity index (χ1) is 17.1. The molecule has 1 saturated heterocycles. The van der Waals surface area contributed by atoms with Crippen molar-refractivity contribution in [3.05, 3.63) is 53.1 Å². The zero-order valence-electron chi connectivity index (χ0n) is 21.7. The number of allylic oxidation sites excluding steroid dienone is 4. The maximum absolute atomic E-state index is 13.1.